The minimum absolute atomic E-state index is 0. The van der Waals surface area contributed by atoms with E-state index in [1.54, 1.807) is 23.5 Å². The Morgan fingerprint density at radius 2 is 2.33 bits per heavy atom. The summed E-state index contributed by atoms with van der Waals surface area (Å²) in [4.78, 5) is 3.74. The number of thioether (sulfide) groups is 1. The van der Waals surface area contributed by atoms with Crippen molar-refractivity contribution in [1.29, 1.82) is 0 Å². The maximum absolute atomic E-state index is 3.74. The van der Waals surface area contributed by atoms with Gasteiger partial charge in [0.2, 0.25) is 6.20 Å². The van der Waals surface area contributed by atoms with Gasteiger partial charge in [-0.05, 0) is 11.8 Å². The lowest BCUT2D eigenvalue weighted by Crippen LogP contribution is -3.00. The molecule has 0 N–H and O–H groups in total. The summed E-state index contributed by atoms with van der Waals surface area (Å²) in [5, 5.41) is 1.93. The Kier molecular flexibility index (Phi) is 3.57. The van der Waals surface area contributed by atoms with Crippen LogP contribution in [0.15, 0.2) is 11.6 Å². The average Bonchev–Trinajstić information content (AvgIpc) is 1.76. The van der Waals surface area contributed by atoms with E-state index in [0.29, 0.717) is 0 Å². The maximum Gasteiger partial charge on any atom is 0.280 e. The topological polar surface area (TPSA) is 14.1 Å². The Morgan fingerprint density at radius 3 is 2.50 bits per heavy atom. The number of hydrogen-bond donors (Lipinski definition) is 0. The summed E-state index contributed by atoms with van der Waals surface area (Å²) >= 11 is 1.60. The van der Waals surface area contributed by atoms with E-state index in [9.17, 15) is 0 Å². The summed E-state index contributed by atoms with van der Waals surface area (Å²) in [6.45, 7) is 0. The van der Waals surface area contributed by atoms with Crippen LogP contribution in [0.3, 0.4) is 0 Å². The molecule has 0 saturated heterocycles. The molecular weight excluding hydrogens is 162 g/mol. The normalized spacial score (nSPS) is 14.7. The lowest BCUT2D eigenvalue weighted by atomic mass is 11.1. The van der Waals surface area contributed by atoms with Crippen molar-refractivity contribution < 1.29 is 17.0 Å². The summed E-state index contributed by atoms with van der Waals surface area (Å²) in [5.41, 5.74) is 1.79. The quantitative estimate of drug-likeness (QED) is 0.389. The van der Waals surface area contributed by atoms with Gasteiger partial charge in [0, 0.05) is 0 Å². The molecule has 1 rings (SSSR count). The molecule has 0 fully saturated rings. The fourth-order valence-corrected chi connectivity index (χ4v) is 0.527. The molecule has 0 unspecified atom stereocenters. The van der Waals surface area contributed by atoms with Gasteiger partial charge >= 0.3 is 0 Å². The minimum Gasteiger partial charge on any atom is -1.00 e. The Labute approximate surface area is 51.3 Å². The summed E-state index contributed by atoms with van der Waals surface area (Å²) in [7, 11) is 0. The van der Waals surface area contributed by atoms with Crippen LogP contribution in [-0.4, -0.2) is 5.55 Å². The Hall–Kier alpha value is 0.240. The van der Waals surface area contributed by atoms with Gasteiger partial charge in [0.15, 0.2) is 0 Å². The van der Waals surface area contributed by atoms with Crippen molar-refractivity contribution in [3.05, 3.63) is 11.6 Å². The molecule has 1 radical (unpaired) electrons. The van der Waals surface area contributed by atoms with Gasteiger partial charge in [-0.25, -0.2) is 0 Å². The number of nitrogens with zero attached hydrogens (tertiary/aromatic N) is 1. The molecule has 1 heterocycles. The van der Waals surface area contributed by atoms with Gasteiger partial charge in [-0.1, -0.05) is 0 Å². The molecule has 3 heteroatoms. The fraction of sp³-hybridized carbons (Fsp3) is 0. The van der Waals surface area contributed by atoms with Crippen LogP contribution < -0.4 is 22.0 Å². The van der Waals surface area contributed by atoms with Crippen molar-refractivity contribution in [1.82, 2.24) is 4.99 Å². The van der Waals surface area contributed by atoms with Crippen molar-refractivity contribution in [2.75, 3.05) is 0 Å². The summed E-state index contributed by atoms with van der Waals surface area (Å²) in [6.07, 6.45) is 1.77. The first-order valence-corrected chi connectivity index (χ1v) is 2.26. The van der Waals surface area contributed by atoms with Crippen molar-refractivity contribution >= 4 is 17.3 Å². The van der Waals surface area contributed by atoms with E-state index in [2.05, 4.69) is 4.99 Å². The van der Waals surface area contributed by atoms with E-state index in [4.69, 9.17) is 0 Å². The highest BCUT2D eigenvalue weighted by Gasteiger charge is 1.90. The van der Waals surface area contributed by atoms with Crippen LogP contribution in [0.2, 0.25) is 0 Å². The highest BCUT2D eigenvalue weighted by Crippen LogP contribution is 1.96. The van der Waals surface area contributed by atoms with Crippen molar-refractivity contribution in [2.24, 2.45) is 0 Å². The molecule has 6 heavy (non-hydrogen) atoms. The summed E-state index contributed by atoms with van der Waals surface area (Å²) in [6, 6.07) is 0. The fourth-order valence-electron chi connectivity index (χ4n) is 0.176. The Morgan fingerprint density at radius 1 is 1.50 bits per heavy atom. The smallest absolute Gasteiger partial charge is 0.280 e. The molecule has 33 valence electrons. The van der Waals surface area contributed by atoms with E-state index in [1.807, 2.05) is 5.41 Å². The Balaban J connectivity index is 0.000000250. The zero-order valence-electron chi connectivity index (χ0n) is 2.97. The molecular formula is C3H3BrNS. The first-order valence-electron chi connectivity index (χ1n) is 1.32. The number of aliphatic imine (C=N–C) groups is 1. The highest BCUT2D eigenvalue weighted by atomic mass is 79.9. The van der Waals surface area contributed by atoms with E-state index in [1.165, 1.54) is 0 Å². The molecule has 0 amide bonds. The van der Waals surface area contributed by atoms with Gasteiger partial charge < -0.3 is 17.0 Å². The van der Waals surface area contributed by atoms with Gasteiger partial charge in [0.05, 0.1) is 10.4 Å². The third-order valence-electron chi connectivity index (χ3n) is 0.347. The van der Waals surface area contributed by atoms with Crippen LogP contribution in [0.25, 0.3) is 0 Å². The molecule has 1 aliphatic heterocycles. The molecule has 0 aromatic rings. The van der Waals surface area contributed by atoms with Crippen molar-refractivity contribution in [2.45, 2.75) is 0 Å². The number of halogens is 1. The van der Waals surface area contributed by atoms with Crippen LogP contribution in [0.1, 0.15) is 0 Å². The molecule has 1 nitrogen and oxygen atoms in total. The molecule has 1 aliphatic rings. The highest BCUT2D eigenvalue weighted by molar-refractivity contribution is 8.14. The lowest BCUT2D eigenvalue weighted by Gasteiger charge is -1.44. The molecule has 0 spiro atoms. The molecule has 0 aliphatic carbocycles. The predicted molar refractivity (Wildman–Crippen MR) is 24.9 cm³/mol. The van der Waals surface area contributed by atoms with Crippen LogP contribution in [0.5, 0.6) is 0 Å². The van der Waals surface area contributed by atoms with Crippen LogP contribution in [-0.2, 0) is 0 Å². The van der Waals surface area contributed by atoms with Crippen molar-refractivity contribution in [3.63, 3.8) is 0 Å². The number of hydrogen-bond acceptors (Lipinski definition) is 2. The van der Waals surface area contributed by atoms with Gasteiger partial charge in [0.1, 0.15) is 0 Å². The molecule has 0 bridgehead atoms. The molecule has 0 saturated carbocycles. The monoisotopic (exact) mass is 164 g/mol. The lowest BCUT2D eigenvalue weighted by molar-refractivity contribution is -0.000000945. The first-order chi connectivity index (χ1) is 2.50. The van der Waals surface area contributed by atoms with E-state index >= 15 is 0 Å². The van der Waals surface area contributed by atoms with Gasteiger partial charge in [0.25, 0.3) is 5.55 Å². The van der Waals surface area contributed by atoms with Crippen LogP contribution >= 0.6 is 11.8 Å². The Bertz CT molecular complexity index is 68.9. The predicted octanol–water partition coefficient (Wildman–Crippen LogP) is -2.43. The van der Waals surface area contributed by atoms with Crippen LogP contribution in [0, 0.1) is 0 Å². The molecule has 0 aromatic carbocycles. The van der Waals surface area contributed by atoms with Gasteiger partial charge in [-0.15, -0.1) is 0 Å². The maximum atomic E-state index is 3.74. The zero-order chi connectivity index (χ0) is 3.54. The van der Waals surface area contributed by atoms with Gasteiger partial charge in [-0.3, -0.25) is 0 Å². The van der Waals surface area contributed by atoms with E-state index in [0.717, 1.165) is 0 Å². The first kappa shape index (κ1) is 6.24. The second-order valence-corrected chi connectivity index (χ2v) is 1.43. The third-order valence-corrected chi connectivity index (χ3v) is 0.869. The largest absolute Gasteiger partial charge is 1.00 e. The SMILES string of the molecule is C1=CSC=[N+]1.[Br-]. The zero-order valence-corrected chi connectivity index (χ0v) is 5.37. The van der Waals surface area contributed by atoms with Crippen LogP contribution in [0.4, 0.5) is 0 Å². The summed E-state index contributed by atoms with van der Waals surface area (Å²) < 4.78 is 0. The average molecular weight is 165 g/mol. The second-order valence-electron chi connectivity index (χ2n) is 0.676. The van der Waals surface area contributed by atoms with Crippen molar-refractivity contribution in [3.8, 4) is 0 Å². The second kappa shape index (κ2) is 3.43. The standard InChI is InChI=1S/C3H3NS.BrH/c1-2-5-3-4-1;/h1-3H;1H/q+1;/p-1. The molecule has 0 aromatic heterocycles. The molecule has 0 atom stereocenters. The minimum atomic E-state index is 0. The number of rotatable bonds is 0. The third kappa shape index (κ3) is 1.62. The van der Waals surface area contributed by atoms with Gasteiger partial charge in [-0.2, -0.15) is 0 Å². The van der Waals surface area contributed by atoms with E-state index < -0.39 is 0 Å². The van der Waals surface area contributed by atoms with E-state index in [-0.39, 0.29) is 17.0 Å². The summed E-state index contributed by atoms with van der Waals surface area (Å²) in [5.74, 6) is 0.